The zero-order chi connectivity index (χ0) is 13.3. The molecular weight excluding hydrogens is 241 g/mol. The first-order valence-electron chi connectivity index (χ1n) is 5.41. The molecule has 0 saturated heterocycles. The molecule has 0 saturated carbocycles. The molecular formula is C12H18FNO2S. The highest BCUT2D eigenvalue weighted by Gasteiger charge is 2.25. The predicted octanol–water partition coefficient (Wildman–Crippen LogP) is 2.54. The summed E-state index contributed by atoms with van der Waals surface area (Å²) in [7, 11) is -3.58. The average Bonchev–Trinajstić information content (AvgIpc) is 2.16. The van der Waals surface area contributed by atoms with Crippen molar-refractivity contribution in [2.24, 2.45) is 5.41 Å². The van der Waals surface area contributed by atoms with E-state index in [1.807, 2.05) is 20.8 Å². The van der Waals surface area contributed by atoms with Crippen molar-refractivity contribution < 1.29 is 12.8 Å². The lowest BCUT2D eigenvalue weighted by atomic mass is 9.89. The van der Waals surface area contributed by atoms with E-state index in [9.17, 15) is 12.8 Å². The van der Waals surface area contributed by atoms with Crippen LogP contribution in [0.2, 0.25) is 0 Å². The van der Waals surface area contributed by atoms with E-state index in [-0.39, 0.29) is 16.4 Å². The Bertz CT molecular complexity index is 474. The number of halogens is 1. The molecule has 1 atom stereocenters. The monoisotopic (exact) mass is 259 g/mol. The van der Waals surface area contributed by atoms with Crippen LogP contribution in [0.25, 0.3) is 0 Å². The lowest BCUT2D eigenvalue weighted by Crippen LogP contribution is -2.41. The quantitative estimate of drug-likeness (QED) is 0.906. The Morgan fingerprint density at radius 1 is 1.18 bits per heavy atom. The van der Waals surface area contributed by atoms with Gasteiger partial charge in [0.25, 0.3) is 0 Å². The lowest BCUT2D eigenvalue weighted by molar-refractivity contribution is 0.317. The van der Waals surface area contributed by atoms with Gasteiger partial charge in [0.2, 0.25) is 10.0 Å². The van der Waals surface area contributed by atoms with Crippen molar-refractivity contribution in [3.05, 3.63) is 30.1 Å². The van der Waals surface area contributed by atoms with E-state index < -0.39 is 15.8 Å². The van der Waals surface area contributed by atoms with E-state index in [2.05, 4.69) is 4.72 Å². The van der Waals surface area contributed by atoms with Gasteiger partial charge in [0.15, 0.2) is 0 Å². The summed E-state index contributed by atoms with van der Waals surface area (Å²) in [5, 5.41) is 0. The van der Waals surface area contributed by atoms with Gasteiger partial charge in [-0.15, -0.1) is 0 Å². The van der Waals surface area contributed by atoms with Crippen molar-refractivity contribution in [2.75, 3.05) is 0 Å². The number of hydrogen-bond donors (Lipinski definition) is 1. The van der Waals surface area contributed by atoms with E-state index in [1.54, 1.807) is 6.92 Å². The second-order valence-electron chi connectivity index (χ2n) is 5.16. The van der Waals surface area contributed by atoms with Gasteiger partial charge in [0.1, 0.15) is 5.82 Å². The molecule has 1 N–H and O–H groups in total. The van der Waals surface area contributed by atoms with Crippen molar-refractivity contribution in [3.8, 4) is 0 Å². The number of rotatable bonds is 3. The lowest BCUT2D eigenvalue weighted by Gasteiger charge is -2.27. The molecule has 0 aliphatic carbocycles. The largest absolute Gasteiger partial charge is 0.240 e. The zero-order valence-electron chi connectivity index (χ0n) is 10.5. The molecule has 0 aliphatic rings. The molecule has 0 radical (unpaired) electrons. The van der Waals surface area contributed by atoms with Gasteiger partial charge in [-0.25, -0.2) is 17.5 Å². The fourth-order valence-electron chi connectivity index (χ4n) is 1.09. The molecule has 0 fully saturated rings. The van der Waals surface area contributed by atoms with Crippen LogP contribution < -0.4 is 4.72 Å². The molecule has 1 rings (SSSR count). The van der Waals surface area contributed by atoms with Gasteiger partial charge in [-0.05, 0) is 36.6 Å². The summed E-state index contributed by atoms with van der Waals surface area (Å²) >= 11 is 0. The zero-order valence-corrected chi connectivity index (χ0v) is 11.3. The van der Waals surface area contributed by atoms with Gasteiger partial charge in [-0.1, -0.05) is 20.8 Å². The molecule has 3 nitrogen and oxygen atoms in total. The molecule has 1 aromatic rings. The molecule has 0 heterocycles. The Labute approximate surface area is 102 Å². The van der Waals surface area contributed by atoms with Crippen LogP contribution in [-0.4, -0.2) is 14.5 Å². The Kier molecular flexibility index (Phi) is 3.94. The fraction of sp³-hybridized carbons (Fsp3) is 0.500. The SMILES string of the molecule is CC(NS(=O)(=O)c1ccc(F)cc1)C(C)(C)C. The van der Waals surface area contributed by atoms with Crippen molar-refractivity contribution >= 4 is 10.0 Å². The number of benzene rings is 1. The van der Waals surface area contributed by atoms with E-state index in [1.165, 1.54) is 12.1 Å². The summed E-state index contributed by atoms with van der Waals surface area (Å²) in [6, 6.07) is 4.57. The van der Waals surface area contributed by atoms with Gasteiger partial charge in [-0.2, -0.15) is 0 Å². The molecule has 0 bridgehead atoms. The molecule has 5 heteroatoms. The van der Waals surface area contributed by atoms with Gasteiger partial charge < -0.3 is 0 Å². The highest BCUT2D eigenvalue weighted by molar-refractivity contribution is 7.89. The van der Waals surface area contributed by atoms with E-state index in [0.717, 1.165) is 12.1 Å². The second kappa shape index (κ2) is 4.74. The van der Waals surface area contributed by atoms with Crippen molar-refractivity contribution in [2.45, 2.75) is 38.6 Å². The number of hydrogen-bond acceptors (Lipinski definition) is 2. The number of sulfonamides is 1. The van der Waals surface area contributed by atoms with Crippen LogP contribution in [0.3, 0.4) is 0 Å². The minimum Gasteiger partial charge on any atom is -0.208 e. The minimum atomic E-state index is -3.58. The van der Waals surface area contributed by atoms with E-state index >= 15 is 0 Å². The standard InChI is InChI=1S/C12H18FNO2S/c1-9(12(2,3)4)14-17(15,16)11-7-5-10(13)6-8-11/h5-9,14H,1-4H3. The molecule has 1 aromatic carbocycles. The fourth-order valence-corrected chi connectivity index (χ4v) is 2.54. The average molecular weight is 259 g/mol. The molecule has 0 spiro atoms. The molecule has 96 valence electrons. The Hall–Kier alpha value is -0.940. The van der Waals surface area contributed by atoms with Crippen LogP contribution in [0.4, 0.5) is 4.39 Å². The van der Waals surface area contributed by atoms with Crippen LogP contribution in [-0.2, 0) is 10.0 Å². The third-order valence-corrected chi connectivity index (χ3v) is 4.31. The maximum absolute atomic E-state index is 12.7. The summed E-state index contributed by atoms with van der Waals surface area (Å²) in [5.74, 6) is -0.451. The van der Waals surface area contributed by atoms with Gasteiger partial charge in [0.05, 0.1) is 4.90 Å². The van der Waals surface area contributed by atoms with Crippen LogP contribution in [0.15, 0.2) is 29.2 Å². The summed E-state index contributed by atoms with van der Waals surface area (Å²) in [6.07, 6.45) is 0. The van der Waals surface area contributed by atoms with Crippen LogP contribution in [0.1, 0.15) is 27.7 Å². The van der Waals surface area contributed by atoms with Gasteiger partial charge >= 0.3 is 0 Å². The van der Waals surface area contributed by atoms with Gasteiger partial charge in [-0.3, -0.25) is 0 Å². The molecule has 0 aromatic heterocycles. The molecule has 17 heavy (non-hydrogen) atoms. The van der Waals surface area contributed by atoms with Crippen molar-refractivity contribution in [3.63, 3.8) is 0 Å². The Morgan fingerprint density at radius 2 is 1.65 bits per heavy atom. The summed E-state index contributed by atoms with van der Waals surface area (Å²) in [6.45, 7) is 7.65. The predicted molar refractivity (Wildman–Crippen MR) is 65.6 cm³/mol. The molecule has 0 amide bonds. The van der Waals surface area contributed by atoms with Crippen LogP contribution in [0, 0.1) is 11.2 Å². The Balaban J connectivity index is 2.94. The summed E-state index contributed by atoms with van der Waals surface area (Å²) < 4.78 is 39.2. The number of nitrogens with one attached hydrogen (secondary N) is 1. The first-order valence-corrected chi connectivity index (χ1v) is 6.89. The first-order chi connectivity index (χ1) is 7.63. The smallest absolute Gasteiger partial charge is 0.208 e. The second-order valence-corrected chi connectivity index (χ2v) is 6.88. The molecule has 1 unspecified atom stereocenters. The summed E-state index contributed by atoms with van der Waals surface area (Å²) in [5.41, 5.74) is -0.174. The first kappa shape index (κ1) is 14.1. The van der Waals surface area contributed by atoms with E-state index in [0.29, 0.717) is 0 Å². The normalized spacial score (nSPS) is 14.6. The summed E-state index contributed by atoms with van der Waals surface area (Å²) in [4.78, 5) is 0.0787. The maximum atomic E-state index is 12.7. The highest BCUT2D eigenvalue weighted by atomic mass is 32.2. The van der Waals surface area contributed by atoms with Gasteiger partial charge in [0, 0.05) is 6.04 Å². The third kappa shape index (κ3) is 3.78. The minimum absolute atomic E-state index is 0.0787. The van der Waals surface area contributed by atoms with Crippen molar-refractivity contribution in [1.29, 1.82) is 0 Å². The van der Waals surface area contributed by atoms with Crippen LogP contribution >= 0.6 is 0 Å². The van der Waals surface area contributed by atoms with Crippen LogP contribution in [0.5, 0.6) is 0 Å². The topological polar surface area (TPSA) is 46.2 Å². The molecule has 0 aliphatic heterocycles. The van der Waals surface area contributed by atoms with Crippen molar-refractivity contribution in [1.82, 2.24) is 4.72 Å². The highest BCUT2D eigenvalue weighted by Crippen LogP contribution is 2.21. The van der Waals surface area contributed by atoms with E-state index in [4.69, 9.17) is 0 Å². The maximum Gasteiger partial charge on any atom is 0.240 e. The third-order valence-electron chi connectivity index (χ3n) is 2.75. The Morgan fingerprint density at radius 3 is 2.06 bits per heavy atom.